The van der Waals surface area contributed by atoms with Crippen LogP contribution in [0.15, 0.2) is 63.7 Å². The van der Waals surface area contributed by atoms with E-state index in [2.05, 4.69) is 30.9 Å². The van der Waals surface area contributed by atoms with E-state index in [9.17, 15) is 18.0 Å². The second-order valence-corrected chi connectivity index (χ2v) is 9.61. The molecular weight excluding hydrogens is 444 g/mol. The fourth-order valence-corrected chi connectivity index (χ4v) is 4.31. The molecule has 1 amide bonds. The fourth-order valence-electron chi connectivity index (χ4n) is 3.22. The Hall–Kier alpha value is -2.99. The first-order valence-corrected chi connectivity index (χ1v) is 12.0. The summed E-state index contributed by atoms with van der Waals surface area (Å²) in [6, 6.07) is 11.8. The number of nitrogens with one attached hydrogen (secondary N) is 4. The smallest absolute Gasteiger partial charge is 0.258 e. The fraction of sp³-hybridized carbons (Fsp3) is 0.364. The molecule has 3 atom stereocenters. The number of azo groups is 1. The van der Waals surface area contributed by atoms with Crippen LogP contribution in [-0.4, -0.2) is 45.0 Å². The zero-order valence-corrected chi connectivity index (χ0v) is 19.5. The second kappa shape index (κ2) is 10.8. The van der Waals surface area contributed by atoms with E-state index in [1.54, 1.807) is 12.1 Å². The molecule has 0 bridgehead atoms. The zero-order chi connectivity index (χ0) is 24.0. The molecule has 2 aromatic rings. The number of rotatable bonds is 8. The van der Waals surface area contributed by atoms with Crippen molar-refractivity contribution in [2.45, 2.75) is 50.5 Å². The van der Waals surface area contributed by atoms with Gasteiger partial charge in [-0.3, -0.25) is 20.2 Å². The molecule has 0 spiro atoms. The van der Waals surface area contributed by atoms with Gasteiger partial charge in [0.25, 0.3) is 5.91 Å². The maximum Gasteiger partial charge on any atom is 0.258 e. The summed E-state index contributed by atoms with van der Waals surface area (Å²) in [6.07, 6.45) is 0.350. The van der Waals surface area contributed by atoms with Gasteiger partial charge in [0, 0.05) is 11.7 Å². The number of amides is 1. The standard InChI is InChI=1S/C22H28N6O4S/c1-14-6-4-5-7-19(14)25-21(30)20(16(3)29)27-26-17-8-10-18(11-9-17)33(31,32)28-22-23-13-12-15(2)24-22/h4-11,15,20,22-24,28H,12-13H2,1-3H3,(H,25,30)/t15-,20+,22+/m0/s1. The number of carbonyl (C=O) groups excluding carboxylic acids is 2. The minimum absolute atomic E-state index is 0.0590. The van der Waals surface area contributed by atoms with Gasteiger partial charge in [-0.2, -0.15) is 15.0 Å². The highest BCUT2D eigenvalue weighted by atomic mass is 32.2. The summed E-state index contributed by atoms with van der Waals surface area (Å²) in [5.41, 5.74) is 1.75. The molecule has 1 aliphatic rings. The van der Waals surface area contributed by atoms with Crippen molar-refractivity contribution < 1.29 is 18.0 Å². The average Bonchev–Trinajstić information content (AvgIpc) is 2.75. The van der Waals surface area contributed by atoms with Gasteiger partial charge >= 0.3 is 0 Å². The van der Waals surface area contributed by atoms with E-state index in [4.69, 9.17) is 0 Å². The van der Waals surface area contributed by atoms with E-state index in [1.165, 1.54) is 31.2 Å². The number of Topliss-reactive ketones (excluding diaryl/α,β-unsaturated/α-hetero) is 1. The van der Waals surface area contributed by atoms with Gasteiger partial charge in [0.2, 0.25) is 16.1 Å². The quantitative estimate of drug-likeness (QED) is 0.343. The van der Waals surface area contributed by atoms with Crippen molar-refractivity contribution in [2.24, 2.45) is 10.2 Å². The summed E-state index contributed by atoms with van der Waals surface area (Å²) in [5.74, 6) is -1.05. The molecule has 176 valence electrons. The predicted molar refractivity (Wildman–Crippen MR) is 125 cm³/mol. The second-order valence-electron chi connectivity index (χ2n) is 7.89. The molecule has 0 saturated carbocycles. The largest absolute Gasteiger partial charge is 0.324 e. The van der Waals surface area contributed by atoms with E-state index >= 15 is 0 Å². The minimum atomic E-state index is -3.76. The maximum absolute atomic E-state index is 12.6. The third-order valence-corrected chi connectivity index (χ3v) is 6.56. The molecule has 3 rings (SSSR count). The van der Waals surface area contributed by atoms with E-state index in [1.807, 2.05) is 26.0 Å². The van der Waals surface area contributed by atoms with Crippen LogP contribution in [0, 0.1) is 6.92 Å². The number of para-hydroxylation sites is 1. The first-order chi connectivity index (χ1) is 15.7. The summed E-state index contributed by atoms with van der Waals surface area (Å²) < 4.78 is 27.8. The van der Waals surface area contributed by atoms with E-state index in [-0.39, 0.29) is 10.9 Å². The van der Waals surface area contributed by atoms with Crippen LogP contribution in [0.4, 0.5) is 11.4 Å². The third kappa shape index (κ3) is 6.75. The molecule has 33 heavy (non-hydrogen) atoms. The van der Waals surface area contributed by atoms with Gasteiger partial charge in [0.05, 0.1) is 10.6 Å². The van der Waals surface area contributed by atoms with Gasteiger partial charge in [-0.25, -0.2) is 8.42 Å². The molecule has 1 heterocycles. The van der Waals surface area contributed by atoms with Gasteiger partial charge in [-0.05, 0) is 69.6 Å². The highest BCUT2D eigenvalue weighted by molar-refractivity contribution is 7.89. The van der Waals surface area contributed by atoms with Gasteiger partial charge in [-0.1, -0.05) is 18.2 Å². The lowest BCUT2D eigenvalue weighted by molar-refractivity contribution is -0.126. The summed E-state index contributed by atoms with van der Waals surface area (Å²) in [6.45, 7) is 5.79. The van der Waals surface area contributed by atoms with Crippen molar-refractivity contribution in [3.63, 3.8) is 0 Å². The number of hydrogen-bond donors (Lipinski definition) is 4. The lowest BCUT2D eigenvalue weighted by atomic mass is 10.1. The number of aryl methyl sites for hydroxylation is 1. The van der Waals surface area contributed by atoms with Crippen molar-refractivity contribution in [3.05, 3.63) is 54.1 Å². The van der Waals surface area contributed by atoms with E-state index in [0.29, 0.717) is 17.9 Å². The Morgan fingerprint density at radius 3 is 2.45 bits per heavy atom. The van der Waals surface area contributed by atoms with E-state index in [0.717, 1.165) is 12.0 Å². The zero-order valence-electron chi connectivity index (χ0n) is 18.7. The molecule has 0 unspecified atom stereocenters. The molecule has 1 saturated heterocycles. The average molecular weight is 473 g/mol. The Kier molecular flexibility index (Phi) is 8.03. The summed E-state index contributed by atoms with van der Waals surface area (Å²) in [4.78, 5) is 24.6. The number of sulfonamides is 1. The highest BCUT2D eigenvalue weighted by Crippen LogP contribution is 2.19. The molecule has 10 nitrogen and oxygen atoms in total. The number of benzene rings is 2. The van der Waals surface area contributed by atoms with Crippen molar-refractivity contribution in [2.75, 3.05) is 11.9 Å². The topological polar surface area (TPSA) is 141 Å². The lowest BCUT2D eigenvalue weighted by Gasteiger charge is -2.30. The minimum Gasteiger partial charge on any atom is -0.324 e. The van der Waals surface area contributed by atoms with Crippen LogP contribution in [0.25, 0.3) is 0 Å². The molecule has 1 fully saturated rings. The Morgan fingerprint density at radius 2 is 1.82 bits per heavy atom. The predicted octanol–water partition coefficient (Wildman–Crippen LogP) is 2.21. The number of carbonyl (C=O) groups is 2. The van der Waals surface area contributed by atoms with Crippen molar-refractivity contribution in [1.29, 1.82) is 0 Å². The van der Waals surface area contributed by atoms with Crippen LogP contribution in [0.1, 0.15) is 25.8 Å². The summed E-state index contributed by atoms with van der Waals surface area (Å²) in [5, 5.41) is 16.7. The number of nitrogens with zero attached hydrogens (tertiary/aromatic N) is 2. The number of anilines is 1. The van der Waals surface area contributed by atoms with Crippen LogP contribution < -0.4 is 20.7 Å². The number of hydrogen-bond acceptors (Lipinski definition) is 8. The Bertz CT molecular complexity index is 1130. The summed E-state index contributed by atoms with van der Waals surface area (Å²) >= 11 is 0. The monoisotopic (exact) mass is 472 g/mol. The molecular formula is C22H28N6O4S. The van der Waals surface area contributed by atoms with Crippen molar-refractivity contribution >= 4 is 33.1 Å². The first-order valence-electron chi connectivity index (χ1n) is 10.6. The Morgan fingerprint density at radius 1 is 1.12 bits per heavy atom. The maximum atomic E-state index is 12.6. The highest BCUT2D eigenvalue weighted by Gasteiger charge is 2.25. The van der Waals surface area contributed by atoms with Gasteiger partial charge in [0.1, 0.15) is 6.29 Å². The SMILES string of the molecule is CC(=O)[C@@H](N=Nc1ccc(S(=O)(=O)N[C@@H]2NCC[C@H](C)N2)cc1)C(=O)Nc1ccccc1C. The number of ketones is 1. The van der Waals surface area contributed by atoms with Crippen molar-refractivity contribution in [3.8, 4) is 0 Å². The van der Waals surface area contributed by atoms with Gasteiger partial charge in [-0.15, -0.1) is 0 Å². The molecule has 4 N–H and O–H groups in total. The van der Waals surface area contributed by atoms with Crippen LogP contribution in [-0.2, 0) is 19.6 Å². The molecule has 0 radical (unpaired) electrons. The molecule has 2 aromatic carbocycles. The van der Waals surface area contributed by atoms with Crippen LogP contribution in [0.3, 0.4) is 0 Å². The van der Waals surface area contributed by atoms with Crippen LogP contribution in [0.5, 0.6) is 0 Å². The lowest BCUT2D eigenvalue weighted by Crippen LogP contribution is -2.61. The molecule has 0 aliphatic carbocycles. The van der Waals surface area contributed by atoms with Crippen LogP contribution in [0.2, 0.25) is 0 Å². The third-order valence-electron chi connectivity index (χ3n) is 5.12. The van der Waals surface area contributed by atoms with Crippen LogP contribution >= 0.6 is 0 Å². The normalized spacial score (nSPS) is 19.8. The summed E-state index contributed by atoms with van der Waals surface area (Å²) in [7, 11) is -3.76. The Labute approximate surface area is 193 Å². The van der Waals surface area contributed by atoms with E-state index < -0.39 is 34.0 Å². The van der Waals surface area contributed by atoms with Gasteiger partial charge in [0.15, 0.2) is 5.78 Å². The molecule has 11 heteroatoms. The molecule has 1 aliphatic heterocycles. The van der Waals surface area contributed by atoms with Crippen molar-refractivity contribution in [1.82, 2.24) is 15.4 Å². The Balaban J connectivity index is 1.67. The molecule has 0 aromatic heterocycles. The first kappa shape index (κ1) is 24.6. The van der Waals surface area contributed by atoms with Gasteiger partial charge < -0.3 is 5.32 Å².